The van der Waals surface area contributed by atoms with Crippen molar-refractivity contribution >= 4 is 39.7 Å². The molecule has 2 aliphatic heterocycles. The number of imide groups is 1. The van der Waals surface area contributed by atoms with E-state index in [9.17, 15) is 27.9 Å². The second kappa shape index (κ2) is 9.25. The van der Waals surface area contributed by atoms with Crippen LogP contribution in [0.3, 0.4) is 0 Å². The number of carbonyl (C=O) groups excluding carboxylic acids is 3. The molecule has 31 heavy (non-hydrogen) atoms. The number of rotatable bonds is 7. The molecular weight excluding hydrogens is 450 g/mol. The molecule has 10 nitrogen and oxygen atoms in total. The van der Waals surface area contributed by atoms with Gasteiger partial charge in [-0.2, -0.15) is 8.42 Å². The fraction of sp³-hybridized carbons (Fsp3) is 0.526. The molecule has 1 N–H and O–H groups in total. The van der Waals surface area contributed by atoms with Crippen LogP contribution in [0.25, 0.3) is 0 Å². The van der Waals surface area contributed by atoms with Crippen molar-refractivity contribution in [1.82, 2.24) is 4.90 Å². The first-order valence-corrected chi connectivity index (χ1v) is 12.4. The van der Waals surface area contributed by atoms with Crippen molar-refractivity contribution < 1.29 is 41.6 Å². The summed E-state index contributed by atoms with van der Waals surface area (Å²) in [5.41, 5.74) is -0.536. The largest absolute Gasteiger partial charge is 0.457 e. The van der Waals surface area contributed by atoms with Gasteiger partial charge in [-0.25, -0.2) is 0 Å². The highest BCUT2D eigenvalue weighted by Crippen LogP contribution is 2.38. The topological polar surface area (TPSA) is 137 Å². The number of amides is 2. The maximum atomic E-state index is 13.1. The monoisotopic (exact) mass is 473 g/mol. The van der Waals surface area contributed by atoms with Crippen LogP contribution >= 0.6 is 11.8 Å². The summed E-state index contributed by atoms with van der Waals surface area (Å²) < 4.78 is 40.1. The maximum Gasteiger partial charge on any atom is 0.303 e. The first-order chi connectivity index (χ1) is 14.6. The van der Waals surface area contributed by atoms with E-state index in [-0.39, 0.29) is 11.1 Å². The zero-order valence-corrected chi connectivity index (χ0v) is 18.7. The Morgan fingerprint density at radius 2 is 1.77 bits per heavy atom. The molecule has 2 aliphatic rings. The third-order valence-corrected chi connectivity index (χ3v) is 6.46. The minimum Gasteiger partial charge on any atom is -0.457 e. The van der Waals surface area contributed by atoms with E-state index < -0.39 is 64.3 Å². The first kappa shape index (κ1) is 23.7. The Bertz CT molecular complexity index is 945. The number of ether oxygens (including phenoxy) is 2. The van der Waals surface area contributed by atoms with Crippen molar-refractivity contribution in [2.45, 2.75) is 43.6 Å². The van der Waals surface area contributed by atoms with Crippen LogP contribution in [0.5, 0.6) is 0 Å². The van der Waals surface area contributed by atoms with Gasteiger partial charge in [-0.15, -0.1) is 11.8 Å². The lowest BCUT2D eigenvalue weighted by atomic mass is 9.96. The Kier molecular flexibility index (Phi) is 7.06. The zero-order valence-electron chi connectivity index (χ0n) is 17.1. The molecule has 0 radical (unpaired) electrons. The van der Waals surface area contributed by atoms with Crippen LogP contribution in [0, 0.1) is 0 Å². The minimum absolute atomic E-state index is 0.180. The van der Waals surface area contributed by atoms with E-state index in [1.165, 1.54) is 23.9 Å². The van der Waals surface area contributed by atoms with Gasteiger partial charge in [0, 0.05) is 6.92 Å². The average Bonchev–Trinajstić information content (AvgIpc) is 2.94. The van der Waals surface area contributed by atoms with E-state index in [0.29, 0.717) is 5.75 Å². The van der Waals surface area contributed by atoms with Crippen LogP contribution < -0.4 is 0 Å². The van der Waals surface area contributed by atoms with Gasteiger partial charge in [0.2, 0.25) is 0 Å². The molecule has 12 heteroatoms. The van der Waals surface area contributed by atoms with E-state index >= 15 is 0 Å². The van der Waals surface area contributed by atoms with Gasteiger partial charge >= 0.3 is 5.97 Å². The fourth-order valence-electron chi connectivity index (χ4n) is 3.73. The van der Waals surface area contributed by atoms with Gasteiger partial charge in [0.05, 0.1) is 24.0 Å². The number of carbonyl (C=O) groups is 3. The van der Waals surface area contributed by atoms with Gasteiger partial charge < -0.3 is 14.6 Å². The first-order valence-electron chi connectivity index (χ1n) is 9.49. The van der Waals surface area contributed by atoms with Crippen LogP contribution in [0.4, 0.5) is 0 Å². The molecule has 0 aromatic heterocycles. The number of aliphatic hydroxyl groups is 1. The number of esters is 1. The summed E-state index contributed by atoms with van der Waals surface area (Å²) in [6, 6.07) is 5.05. The molecule has 5 atom stereocenters. The second-order valence-electron chi connectivity index (χ2n) is 7.04. The summed E-state index contributed by atoms with van der Waals surface area (Å²) in [7, 11) is -4.07. The minimum atomic E-state index is -4.07. The normalized spacial score (nSPS) is 28.5. The lowest BCUT2D eigenvalue weighted by Crippen LogP contribution is -2.66. The third kappa shape index (κ3) is 4.77. The Morgan fingerprint density at radius 3 is 2.23 bits per heavy atom. The SMILES string of the molecule is CCS[C@@H]1O[C@H](CO)[C@@H](OS(C)(=O)=O)[C@H](OC(C)=O)[C@H]1N1C(=O)c2ccccc2C1=O. The van der Waals surface area contributed by atoms with Gasteiger partial charge in [0.1, 0.15) is 23.7 Å². The third-order valence-electron chi connectivity index (χ3n) is 4.84. The molecule has 1 aromatic carbocycles. The van der Waals surface area contributed by atoms with E-state index in [2.05, 4.69) is 0 Å². The molecule has 0 aliphatic carbocycles. The van der Waals surface area contributed by atoms with Crippen LogP contribution in [0.2, 0.25) is 0 Å². The fourth-order valence-corrected chi connectivity index (χ4v) is 5.39. The Morgan fingerprint density at radius 1 is 1.19 bits per heavy atom. The Labute approximate surface area is 184 Å². The van der Waals surface area contributed by atoms with Crippen molar-refractivity contribution in [3.05, 3.63) is 35.4 Å². The van der Waals surface area contributed by atoms with Crippen molar-refractivity contribution in [2.75, 3.05) is 18.6 Å². The van der Waals surface area contributed by atoms with E-state index in [1.54, 1.807) is 12.1 Å². The molecule has 0 unspecified atom stereocenters. The number of hydrogen-bond acceptors (Lipinski definition) is 10. The maximum absolute atomic E-state index is 13.1. The number of fused-ring (bicyclic) bond motifs is 1. The quantitative estimate of drug-likeness (QED) is 0.336. The molecule has 0 spiro atoms. The van der Waals surface area contributed by atoms with E-state index in [0.717, 1.165) is 18.1 Å². The average molecular weight is 474 g/mol. The summed E-state index contributed by atoms with van der Waals surface area (Å²) in [5.74, 6) is -1.50. The molecule has 3 rings (SSSR count). The molecule has 170 valence electrons. The lowest BCUT2D eigenvalue weighted by molar-refractivity contribution is -0.194. The van der Waals surface area contributed by atoms with Crippen LogP contribution in [0.1, 0.15) is 34.6 Å². The zero-order chi connectivity index (χ0) is 22.9. The molecule has 1 aromatic rings. The van der Waals surface area contributed by atoms with Gasteiger partial charge in [-0.1, -0.05) is 19.1 Å². The summed E-state index contributed by atoms with van der Waals surface area (Å²) in [4.78, 5) is 39.1. The Hall–Kier alpha value is -1.99. The van der Waals surface area contributed by atoms with Gasteiger partial charge in [0.25, 0.3) is 21.9 Å². The van der Waals surface area contributed by atoms with Crippen molar-refractivity contribution in [1.29, 1.82) is 0 Å². The molecular formula is C19H23NO9S2. The van der Waals surface area contributed by atoms with Crippen LogP contribution in [0.15, 0.2) is 24.3 Å². The van der Waals surface area contributed by atoms with E-state index in [4.69, 9.17) is 13.7 Å². The van der Waals surface area contributed by atoms with Gasteiger partial charge in [-0.05, 0) is 17.9 Å². The molecule has 2 amide bonds. The predicted octanol–water partition coefficient (Wildman–Crippen LogP) is 0.398. The number of aliphatic hydroxyl groups excluding tert-OH is 1. The van der Waals surface area contributed by atoms with Crippen molar-refractivity contribution in [3.63, 3.8) is 0 Å². The van der Waals surface area contributed by atoms with Crippen molar-refractivity contribution in [2.24, 2.45) is 0 Å². The van der Waals surface area contributed by atoms with Crippen LogP contribution in [-0.2, 0) is 28.6 Å². The summed E-state index contributed by atoms with van der Waals surface area (Å²) in [5, 5.41) is 9.80. The molecule has 1 fully saturated rings. The van der Waals surface area contributed by atoms with Gasteiger partial charge in [0.15, 0.2) is 6.10 Å². The summed E-state index contributed by atoms with van der Waals surface area (Å²) in [6.07, 6.45) is -3.22. The smallest absolute Gasteiger partial charge is 0.303 e. The highest BCUT2D eigenvalue weighted by Gasteiger charge is 2.56. The highest BCUT2D eigenvalue weighted by atomic mass is 32.2. The van der Waals surface area contributed by atoms with Gasteiger partial charge in [-0.3, -0.25) is 23.5 Å². The molecule has 0 saturated carbocycles. The number of thioether (sulfide) groups is 1. The van der Waals surface area contributed by atoms with E-state index in [1.807, 2.05) is 6.92 Å². The predicted molar refractivity (Wildman–Crippen MR) is 110 cm³/mol. The molecule has 1 saturated heterocycles. The lowest BCUT2D eigenvalue weighted by Gasteiger charge is -2.47. The number of benzene rings is 1. The molecule has 2 heterocycles. The standard InChI is InChI=1S/C19H23NO9S2/c1-4-30-19-14(20-17(23)11-7-5-6-8-12(11)18(20)24)16(27-10(2)22)15(13(9-21)28-19)29-31(3,25)26/h5-8,13-16,19,21H,4,9H2,1-3H3/t13-,14-,15-,16-,19+/m1/s1. The number of nitrogens with zero attached hydrogens (tertiary/aromatic N) is 1. The molecule has 0 bridgehead atoms. The van der Waals surface area contributed by atoms with Crippen LogP contribution in [-0.4, -0.2) is 84.6 Å². The summed E-state index contributed by atoms with van der Waals surface area (Å²) in [6.45, 7) is 2.30. The van der Waals surface area contributed by atoms with Crippen molar-refractivity contribution in [3.8, 4) is 0 Å². The summed E-state index contributed by atoms with van der Waals surface area (Å²) >= 11 is 1.22. The second-order valence-corrected chi connectivity index (χ2v) is 10.0. The highest BCUT2D eigenvalue weighted by molar-refractivity contribution is 7.99. The Balaban J connectivity index is 2.11. The number of hydrogen-bond donors (Lipinski definition) is 1.